The molecule has 0 bridgehead atoms. The van der Waals surface area contributed by atoms with Gasteiger partial charge in [-0.15, -0.1) is 0 Å². The van der Waals surface area contributed by atoms with E-state index in [9.17, 15) is 4.79 Å². The Hall–Kier alpha value is -4.57. The second-order valence-corrected chi connectivity index (χ2v) is 8.32. The first-order chi connectivity index (χ1) is 18.1. The molecule has 190 valence electrons. The number of hydrogen-bond donors (Lipinski definition) is 6. The van der Waals surface area contributed by atoms with Crippen molar-refractivity contribution in [2.24, 2.45) is 4.99 Å². The van der Waals surface area contributed by atoms with Crippen LogP contribution in [0.1, 0.15) is 29.5 Å². The van der Waals surface area contributed by atoms with Crippen molar-refractivity contribution in [3.63, 3.8) is 0 Å². The van der Waals surface area contributed by atoms with E-state index in [2.05, 4.69) is 31.2 Å². The Labute approximate surface area is 215 Å². The summed E-state index contributed by atoms with van der Waals surface area (Å²) in [4.78, 5) is 21.9. The van der Waals surface area contributed by atoms with E-state index >= 15 is 0 Å². The van der Waals surface area contributed by atoms with E-state index in [1.165, 1.54) is 0 Å². The summed E-state index contributed by atoms with van der Waals surface area (Å²) in [7, 11) is 1.91. The number of fused-ring (bicyclic) bond motifs is 1. The highest BCUT2D eigenvalue weighted by molar-refractivity contribution is 6.19. The standard InChI is InChI=1S/C27H30N8O2/c1-30-15-7-8-16-31-24-20(13-9-17-32-24)23(28)37-27(29)35-25-26(36)33-21-14-6-5-12-19(21)22(34-25)18-10-3-2-4-11-18/h2-6,9-14,17,25,28,30H,7-8,15-16H2,1H3,(H2,29,35)(H,31,32)(H,33,36). The predicted octanol–water partition coefficient (Wildman–Crippen LogP) is 3.18. The van der Waals surface area contributed by atoms with E-state index in [0.717, 1.165) is 30.5 Å². The molecular weight excluding hydrogens is 468 g/mol. The van der Waals surface area contributed by atoms with Crippen LogP contribution in [-0.4, -0.2) is 54.8 Å². The first kappa shape index (κ1) is 25.5. The number of aromatic nitrogens is 1. The Morgan fingerprint density at radius 3 is 2.57 bits per heavy atom. The Kier molecular flexibility index (Phi) is 8.56. The lowest BCUT2D eigenvalue weighted by molar-refractivity contribution is -0.117. The fraction of sp³-hybridized carbons (Fsp3) is 0.222. The van der Waals surface area contributed by atoms with Gasteiger partial charge in [0.2, 0.25) is 12.1 Å². The minimum Gasteiger partial charge on any atom is -0.407 e. The average Bonchev–Trinajstić information content (AvgIpc) is 3.05. The van der Waals surface area contributed by atoms with Crippen molar-refractivity contribution in [1.82, 2.24) is 15.6 Å². The van der Waals surface area contributed by atoms with Gasteiger partial charge in [0.25, 0.3) is 11.9 Å². The molecule has 3 aromatic rings. The van der Waals surface area contributed by atoms with Gasteiger partial charge < -0.3 is 26.0 Å². The molecule has 0 radical (unpaired) electrons. The summed E-state index contributed by atoms with van der Waals surface area (Å²) in [6.07, 6.45) is 2.43. The molecule has 1 atom stereocenters. The highest BCUT2D eigenvalue weighted by Gasteiger charge is 2.27. The number of carbonyl (C=O) groups is 1. The van der Waals surface area contributed by atoms with Gasteiger partial charge >= 0.3 is 0 Å². The number of benzodiazepines with no additional fused rings is 1. The molecule has 0 fully saturated rings. The van der Waals surface area contributed by atoms with Crippen LogP contribution in [0.2, 0.25) is 0 Å². The molecule has 4 rings (SSSR count). The molecule has 1 aliphatic rings. The third-order valence-corrected chi connectivity index (χ3v) is 5.66. The molecule has 10 nitrogen and oxygen atoms in total. The van der Waals surface area contributed by atoms with Gasteiger partial charge in [0.05, 0.1) is 17.0 Å². The number of nitrogens with one attached hydrogen (secondary N) is 6. The van der Waals surface area contributed by atoms with Crippen LogP contribution >= 0.6 is 0 Å². The number of hydrogen-bond acceptors (Lipinski definition) is 8. The van der Waals surface area contributed by atoms with Crippen molar-refractivity contribution in [2.45, 2.75) is 19.0 Å². The number of benzene rings is 2. The lowest BCUT2D eigenvalue weighted by atomic mass is 10.0. The van der Waals surface area contributed by atoms with Crippen molar-refractivity contribution in [1.29, 1.82) is 10.8 Å². The molecule has 1 amide bonds. The molecule has 1 unspecified atom stereocenters. The molecule has 0 saturated heterocycles. The van der Waals surface area contributed by atoms with Crippen LogP contribution in [0.4, 0.5) is 11.5 Å². The Morgan fingerprint density at radius 2 is 1.76 bits per heavy atom. The molecule has 37 heavy (non-hydrogen) atoms. The van der Waals surface area contributed by atoms with Crippen LogP contribution < -0.4 is 21.3 Å². The largest absolute Gasteiger partial charge is 0.407 e. The maximum atomic E-state index is 13.0. The fourth-order valence-corrected chi connectivity index (χ4v) is 3.85. The van der Waals surface area contributed by atoms with Gasteiger partial charge in [-0.1, -0.05) is 48.5 Å². The van der Waals surface area contributed by atoms with E-state index in [-0.39, 0.29) is 5.90 Å². The normalized spacial score (nSPS) is 14.5. The quantitative estimate of drug-likeness (QED) is 0.152. The number of pyridine rings is 1. The van der Waals surface area contributed by atoms with Gasteiger partial charge in [0.1, 0.15) is 5.82 Å². The van der Waals surface area contributed by atoms with E-state index in [1.807, 2.05) is 55.6 Å². The second-order valence-electron chi connectivity index (χ2n) is 8.32. The summed E-state index contributed by atoms with van der Waals surface area (Å²) >= 11 is 0. The Bertz CT molecular complexity index is 1290. The summed E-state index contributed by atoms with van der Waals surface area (Å²) in [6, 6.07) is 19.9. The van der Waals surface area contributed by atoms with E-state index in [4.69, 9.17) is 15.6 Å². The first-order valence-corrected chi connectivity index (χ1v) is 12.1. The Morgan fingerprint density at radius 1 is 1.00 bits per heavy atom. The molecule has 6 N–H and O–H groups in total. The number of ether oxygens (including phenoxy) is 1. The van der Waals surface area contributed by atoms with Crippen LogP contribution in [0, 0.1) is 10.8 Å². The predicted molar refractivity (Wildman–Crippen MR) is 146 cm³/mol. The lowest BCUT2D eigenvalue weighted by Gasteiger charge is -2.16. The number of aliphatic imine (C=N–C) groups is 1. The summed E-state index contributed by atoms with van der Waals surface area (Å²) in [6.45, 7) is 1.61. The van der Waals surface area contributed by atoms with Gasteiger partial charge in [-0.25, -0.2) is 9.98 Å². The van der Waals surface area contributed by atoms with Crippen LogP contribution in [0.5, 0.6) is 0 Å². The maximum Gasteiger partial charge on any atom is 0.290 e. The molecule has 1 aliphatic heterocycles. The van der Waals surface area contributed by atoms with Gasteiger partial charge in [-0.05, 0) is 44.6 Å². The summed E-state index contributed by atoms with van der Waals surface area (Å²) in [5.74, 6) is -0.215. The van der Waals surface area contributed by atoms with E-state index in [1.54, 1.807) is 24.4 Å². The number of amides is 1. The number of rotatable bonds is 9. The maximum absolute atomic E-state index is 13.0. The van der Waals surface area contributed by atoms with Gasteiger partial charge in [0.15, 0.2) is 0 Å². The number of carbonyl (C=O) groups excluding carboxylic acids is 1. The number of unbranched alkanes of at least 4 members (excludes halogenated alkanes) is 1. The van der Waals surface area contributed by atoms with Crippen molar-refractivity contribution < 1.29 is 9.53 Å². The highest BCUT2D eigenvalue weighted by Crippen LogP contribution is 2.23. The van der Waals surface area contributed by atoms with Crippen molar-refractivity contribution in [3.8, 4) is 0 Å². The van der Waals surface area contributed by atoms with Crippen LogP contribution in [0.25, 0.3) is 0 Å². The molecule has 0 aliphatic carbocycles. The van der Waals surface area contributed by atoms with E-state index < -0.39 is 18.1 Å². The third-order valence-electron chi connectivity index (χ3n) is 5.66. The van der Waals surface area contributed by atoms with Crippen molar-refractivity contribution in [3.05, 3.63) is 89.6 Å². The van der Waals surface area contributed by atoms with E-state index in [0.29, 0.717) is 29.3 Å². The molecule has 0 saturated carbocycles. The first-order valence-electron chi connectivity index (χ1n) is 12.1. The van der Waals surface area contributed by atoms with Crippen LogP contribution in [0.15, 0.2) is 77.9 Å². The molecule has 2 aromatic carbocycles. The van der Waals surface area contributed by atoms with Crippen molar-refractivity contribution >= 4 is 35.0 Å². The van der Waals surface area contributed by atoms with Gasteiger partial charge in [-0.3, -0.25) is 15.6 Å². The highest BCUT2D eigenvalue weighted by atomic mass is 16.5. The van der Waals surface area contributed by atoms with Crippen LogP contribution in [-0.2, 0) is 9.53 Å². The molecule has 10 heteroatoms. The number of para-hydroxylation sites is 1. The monoisotopic (exact) mass is 498 g/mol. The lowest BCUT2D eigenvalue weighted by Crippen LogP contribution is -2.43. The third kappa shape index (κ3) is 6.56. The number of nitrogens with zero attached hydrogens (tertiary/aromatic N) is 2. The summed E-state index contributed by atoms with van der Waals surface area (Å²) < 4.78 is 5.45. The smallest absolute Gasteiger partial charge is 0.290 e. The molecular formula is C27H30N8O2. The fourth-order valence-electron chi connectivity index (χ4n) is 3.85. The minimum atomic E-state index is -1.14. The topological polar surface area (TPSA) is 147 Å². The molecule has 2 heterocycles. The van der Waals surface area contributed by atoms with Crippen LogP contribution in [0.3, 0.4) is 0 Å². The molecule has 1 aromatic heterocycles. The van der Waals surface area contributed by atoms with Gasteiger partial charge in [-0.2, -0.15) is 0 Å². The molecule has 0 spiro atoms. The number of amidine groups is 1. The average molecular weight is 499 g/mol. The summed E-state index contributed by atoms with van der Waals surface area (Å²) in [5.41, 5.74) is 3.24. The zero-order chi connectivity index (χ0) is 26.0. The summed E-state index contributed by atoms with van der Waals surface area (Å²) in [5, 5.41) is 28.6. The van der Waals surface area contributed by atoms with Crippen molar-refractivity contribution in [2.75, 3.05) is 30.8 Å². The number of anilines is 2. The zero-order valence-corrected chi connectivity index (χ0v) is 20.5. The minimum absolute atomic E-state index is 0.270. The Balaban J connectivity index is 1.48. The zero-order valence-electron chi connectivity index (χ0n) is 20.5. The van der Waals surface area contributed by atoms with Gasteiger partial charge in [0, 0.05) is 23.9 Å². The SMILES string of the molecule is CNCCCCNc1ncccc1C(=N)OC(=N)NC1N=C(c2ccccc2)c2ccccc2NC1=O. The second kappa shape index (κ2) is 12.4.